The summed E-state index contributed by atoms with van der Waals surface area (Å²) in [5.74, 6) is -1.98. The number of nitrogens with zero attached hydrogens (tertiary/aromatic N) is 2. The van der Waals surface area contributed by atoms with Crippen LogP contribution >= 0.6 is 0 Å². The van der Waals surface area contributed by atoms with Crippen molar-refractivity contribution in [1.82, 2.24) is 15.1 Å². The fourth-order valence-corrected chi connectivity index (χ4v) is 2.78. The molecule has 1 amide bonds. The van der Waals surface area contributed by atoms with E-state index in [1.54, 1.807) is 0 Å². The summed E-state index contributed by atoms with van der Waals surface area (Å²) >= 11 is 0. The fourth-order valence-electron chi connectivity index (χ4n) is 2.78. The Morgan fingerprint density at radius 3 is 2.33 bits per heavy atom. The second kappa shape index (κ2) is 9.45. The molecule has 0 saturated carbocycles. The molecule has 12 heteroatoms. The quantitative estimate of drug-likeness (QED) is 0.538. The van der Waals surface area contributed by atoms with E-state index in [1.165, 1.54) is 24.3 Å². The zero-order chi connectivity index (χ0) is 24.3. The molecule has 1 heterocycles. The van der Waals surface area contributed by atoms with Crippen molar-refractivity contribution in [2.75, 3.05) is 6.54 Å². The lowest BCUT2D eigenvalue weighted by Gasteiger charge is -2.15. The van der Waals surface area contributed by atoms with Gasteiger partial charge in [0.2, 0.25) is 0 Å². The number of aliphatic hydroxyl groups is 1. The first kappa shape index (κ1) is 24.0. The van der Waals surface area contributed by atoms with Crippen molar-refractivity contribution >= 4 is 5.91 Å². The highest BCUT2D eigenvalue weighted by Crippen LogP contribution is 2.24. The van der Waals surface area contributed by atoms with Gasteiger partial charge in [-0.2, -0.15) is 23.0 Å². The Kier molecular flexibility index (Phi) is 6.86. The number of hydrogen-bond donors (Lipinski definition) is 2. The Hall–Kier alpha value is -3.67. The smallest absolute Gasteiger partial charge is 0.382 e. The van der Waals surface area contributed by atoms with Crippen molar-refractivity contribution in [3.05, 3.63) is 81.9 Å². The largest absolute Gasteiger partial charge is 0.416 e. The number of carbonyl (C=O) groups excluding carboxylic acids is 1. The molecule has 3 rings (SSSR count). The van der Waals surface area contributed by atoms with Crippen LogP contribution in [0.1, 0.15) is 22.3 Å². The van der Waals surface area contributed by atoms with Crippen molar-refractivity contribution < 1.29 is 36.2 Å². The molecule has 0 spiro atoms. The summed E-state index contributed by atoms with van der Waals surface area (Å²) in [4.78, 5) is 25.3. The van der Waals surface area contributed by atoms with E-state index in [1.807, 2.05) is 5.32 Å². The Morgan fingerprint density at radius 2 is 1.76 bits per heavy atom. The molecule has 0 aliphatic rings. The molecule has 33 heavy (non-hydrogen) atoms. The van der Waals surface area contributed by atoms with E-state index >= 15 is 0 Å². The van der Waals surface area contributed by atoms with Gasteiger partial charge in [-0.1, -0.05) is 30.3 Å². The van der Waals surface area contributed by atoms with Gasteiger partial charge in [-0.05, 0) is 24.3 Å². The van der Waals surface area contributed by atoms with E-state index in [-0.39, 0.29) is 22.5 Å². The number of aliphatic hydroxyl groups excluding tert-OH is 1. The second-order valence-electron chi connectivity index (χ2n) is 6.83. The topological polar surface area (TPSA) is 84.2 Å². The first-order valence-corrected chi connectivity index (χ1v) is 9.29. The van der Waals surface area contributed by atoms with Crippen LogP contribution in [0.3, 0.4) is 0 Å². The van der Waals surface area contributed by atoms with E-state index in [0.29, 0.717) is 4.68 Å². The number of carbonyl (C=O) groups is 1. The van der Waals surface area contributed by atoms with E-state index in [0.717, 1.165) is 30.3 Å². The molecule has 1 atom stereocenters. The monoisotopic (exact) mass is 471 g/mol. The average molecular weight is 471 g/mol. The van der Waals surface area contributed by atoms with Crippen molar-refractivity contribution in [2.24, 2.45) is 0 Å². The van der Waals surface area contributed by atoms with Gasteiger partial charge in [0.25, 0.3) is 17.9 Å². The Morgan fingerprint density at radius 1 is 1.09 bits per heavy atom. The van der Waals surface area contributed by atoms with E-state index in [9.17, 15) is 35.9 Å². The first-order chi connectivity index (χ1) is 15.5. The van der Waals surface area contributed by atoms with Crippen LogP contribution in [0.2, 0.25) is 0 Å². The predicted molar refractivity (Wildman–Crippen MR) is 105 cm³/mol. The molecule has 174 valence electrons. The van der Waals surface area contributed by atoms with Crippen LogP contribution in [-0.2, 0) is 0 Å². The van der Waals surface area contributed by atoms with Crippen molar-refractivity contribution in [1.29, 1.82) is 0 Å². The van der Waals surface area contributed by atoms with Crippen LogP contribution in [0.4, 0.5) is 26.3 Å². The Balaban J connectivity index is 2.08. The number of halogens is 6. The molecule has 3 aromatic rings. The molecule has 2 aromatic carbocycles. The van der Waals surface area contributed by atoms with Gasteiger partial charge >= 0.3 is 6.18 Å². The molecule has 6 nitrogen and oxygen atoms in total. The maximum atomic E-state index is 13.7. The maximum Gasteiger partial charge on any atom is 0.416 e. The van der Waals surface area contributed by atoms with Gasteiger partial charge < -0.3 is 10.4 Å². The summed E-state index contributed by atoms with van der Waals surface area (Å²) < 4.78 is 77.5. The van der Waals surface area contributed by atoms with Gasteiger partial charge in [0.15, 0.2) is 6.10 Å². The summed E-state index contributed by atoms with van der Waals surface area (Å²) in [5, 5.41) is 14.9. The number of aromatic nitrogens is 2. The molecular formula is C21H15F6N3O3. The third kappa shape index (κ3) is 5.58. The molecule has 0 fully saturated rings. The zero-order valence-electron chi connectivity index (χ0n) is 16.5. The molecular weight excluding hydrogens is 456 g/mol. The maximum absolute atomic E-state index is 13.7. The standard InChI is InChI=1S/C21H15F6N3O3/c22-13-2-1-3-14(8-13)30-20(33)15(19(32)28-10-17(31)21(25,26)27)9-16(29-30)11-4-6-12(7-5-11)18(23)24/h1-9,17-18,31H,10H2,(H,28,32). The zero-order valence-corrected chi connectivity index (χ0v) is 16.5. The second-order valence-corrected chi connectivity index (χ2v) is 6.83. The summed E-state index contributed by atoms with van der Waals surface area (Å²) in [7, 11) is 0. The molecule has 1 aromatic heterocycles. The third-order valence-corrected chi connectivity index (χ3v) is 4.50. The lowest BCUT2D eigenvalue weighted by Crippen LogP contribution is -2.42. The van der Waals surface area contributed by atoms with Gasteiger partial charge in [-0.15, -0.1) is 0 Å². The SMILES string of the molecule is O=C(NCC(O)C(F)(F)F)c1cc(-c2ccc(C(F)F)cc2)nn(-c2cccc(F)c2)c1=O. The van der Waals surface area contributed by atoms with Crippen LogP contribution in [0.25, 0.3) is 16.9 Å². The average Bonchev–Trinajstić information content (AvgIpc) is 2.76. The minimum absolute atomic E-state index is 0.0683. The number of nitrogens with one attached hydrogen (secondary N) is 1. The lowest BCUT2D eigenvalue weighted by atomic mass is 10.1. The summed E-state index contributed by atoms with van der Waals surface area (Å²) in [5.41, 5.74) is -1.98. The van der Waals surface area contributed by atoms with Crippen LogP contribution in [0, 0.1) is 5.82 Å². The summed E-state index contributed by atoms with van der Waals surface area (Å²) in [6.07, 6.45) is -10.6. The van der Waals surface area contributed by atoms with Gasteiger partial charge in [0.1, 0.15) is 11.4 Å². The number of rotatable bonds is 6. The molecule has 2 N–H and O–H groups in total. The van der Waals surface area contributed by atoms with Crippen molar-refractivity contribution in [3.63, 3.8) is 0 Å². The molecule has 0 aliphatic carbocycles. The highest BCUT2D eigenvalue weighted by Gasteiger charge is 2.38. The molecule has 0 radical (unpaired) electrons. The van der Waals surface area contributed by atoms with Crippen LogP contribution < -0.4 is 10.9 Å². The number of amides is 1. The Bertz CT molecular complexity index is 1210. The van der Waals surface area contributed by atoms with Crippen LogP contribution in [-0.4, -0.2) is 39.6 Å². The minimum atomic E-state index is -5.00. The highest BCUT2D eigenvalue weighted by atomic mass is 19.4. The van der Waals surface area contributed by atoms with Gasteiger partial charge in [0.05, 0.1) is 17.9 Å². The van der Waals surface area contributed by atoms with Crippen LogP contribution in [0.5, 0.6) is 0 Å². The normalized spacial score (nSPS) is 12.6. The van der Waals surface area contributed by atoms with E-state index in [4.69, 9.17) is 5.11 Å². The first-order valence-electron chi connectivity index (χ1n) is 9.29. The van der Waals surface area contributed by atoms with Crippen molar-refractivity contribution in [3.8, 4) is 16.9 Å². The molecule has 1 unspecified atom stereocenters. The molecule has 0 aliphatic heterocycles. The van der Waals surface area contributed by atoms with Crippen LogP contribution in [0.15, 0.2) is 59.4 Å². The Labute approximate surface area is 182 Å². The van der Waals surface area contributed by atoms with Gasteiger partial charge in [-0.25, -0.2) is 13.2 Å². The van der Waals surface area contributed by atoms with Gasteiger partial charge in [-0.3, -0.25) is 9.59 Å². The number of hydrogen-bond acceptors (Lipinski definition) is 4. The summed E-state index contributed by atoms with van der Waals surface area (Å²) in [6, 6.07) is 10.3. The summed E-state index contributed by atoms with van der Waals surface area (Å²) in [6.45, 7) is -1.22. The van der Waals surface area contributed by atoms with E-state index in [2.05, 4.69) is 5.10 Å². The highest BCUT2D eigenvalue weighted by molar-refractivity contribution is 5.94. The molecule has 0 bridgehead atoms. The fraction of sp³-hybridized carbons (Fsp3) is 0.190. The number of benzene rings is 2. The van der Waals surface area contributed by atoms with E-state index < -0.39 is 48.1 Å². The minimum Gasteiger partial charge on any atom is -0.382 e. The number of alkyl halides is 5. The van der Waals surface area contributed by atoms with Gasteiger partial charge in [0, 0.05) is 11.1 Å². The predicted octanol–water partition coefficient (Wildman–Crippen LogP) is 3.63. The molecule has 0 saturated heterocycles. The lowest BCUT2D eigenvalue weighted by molar-refractivity contribution is -0.201. The third-order valence-electron chi connectivity index (χ3n) is 4.50. The van der Waals surface area contributed by atoms with Crippen molar-refractivity contribution in [2.45, 2.75) is 18.7 Å².